The summed E-state index contributed by atoms with van der Waals surface area (Å²) in [5.41, 5.74) is -0.889. The lowest BCUT2D eigenvalue weighted by Gasteiger charge is -2.15. The van der Waals surface area contributed by atoms with E-state index in [1.165, 1.54) is 12.1 Å². The van der Waals surface area contributed by atoms with E-state index in [9.17, 15) is 22.8 Å². The number of nitrogens with zero attached hydrogens (tertiary/aromatic N) is 3. The van der Waals surface area contributed by atoms with Gasteiger partial charge in [-0.15, -0.1) is 5.10 Å². The SMILES string of the molecule is O=C(Nc1nnc(C2CC(=O)N(c3ccccc3)C2)o1)c1ccccc1C(F)(F)F. The van der Waals surface area contributed by atoms with Crippen molar-refractivity contribution < 1.29 is 27.2 Å². The molecule has 0 saturated carbocycles. The Kier molecular flexibility index (Phi) is 4.98. The van der Waals surface area contributed by atoms with Gasteiger partial charge in [-0.25, -0.2) is 0 Å². The molecule has 30 heavy (non-hydrogen) atoms. The third-order valence-electron chi connectivity index (χ3n) is 4.68. The summed E-state index contributed by atoms with van der Waals surface area (Å²) in [6, 6.07) is 13.1. The molecule has 2 amide bonds. The van der Waals surface area contributed by atoms with Gasteiger partial charge in [-0.05, 0) is 24.3 Å². The molecular weight excluding hydrogens is 401 g/mol. The molecule has 3 aromatic rings. The van der Waals surface area contributed by atoms with E-state index < -0.39 is 29.1 Å². The summed E-state index contributed by atoms with van der Waals surface area (Å²) in [6.07, 6.45) is -4.54. The Morgan fingerprint density at radius 3 is 2.50 bits per heavy atom. The number of alkyl halides is 3. The first-order valence-electron chi connectivity index (χ1n) is 8.99. The second-order valence-electron chi connectivity index (χ2n) is 6.68. The molecule has 4 rings (SSSR count). The Bertz CT molecular complexity index is 1080. The normalized spacial score (nSPS) is 16.7. The first-order chi connectivity index (χ1) is 14.3. The summed E-state index contributed by atoms with van der Waals surface area (Å²) >= 11 is 0. The maximum atomic E-state index is 13.1. The number of amides is 2. The van der Waals surface area contributed by atoms with Crippen LogP contribution in [0.1, 0.15) is 34.2 Å². The fourth-order valence-corrected chi connectivity index (χ4v) is 3.27. The molecular formula is C20H15F3N4O3. The average Bonchev–Trinajstić information content (AvgIpc) is 3.34. The highest BCUT2D eigenvalue weighted by molar-refractivity contribution is 6.04. The van der Waals surface area contributed by atoms with Crippen LogP contribution >= 0.6 is 0 Å². The number of hydrogen-bond donors (Lipinski definition) is 1. The van der Waals surface area contributed by atoms with Gasteiger partial charge in [0.25, 0.3) is 5.91 Å². The number of rotatable bonds is 4. The lowest BCUT2D eigenvalue weighted by atomic mass is 10.1. The van der Waals surface area contributed by atoms with Crippen LogP contribution in [0.25, 0.3) is 0 Å². The van der Waals surface area contributed by atoms with Crippen LogP contribution in [-0.2, 0) is 11.0 Å². The highest BCUT2D eigenvalue weighted by Crippen LogP contribution is 2.33. The lowest BCUT2D eigenvalue weighted by molar-refractivity contribution is -0.137. The van der Waals surface area contributed by atoms with Crippen LogP contribution in [0.2, 0.25) is 0 Å². The van der Waals surface area contributed by atoms with E-state index in [-0.39, 0.29) is 24.2 Å². The fourth-order valence-electron chi connectivity index (χ4n) is 3.27. The zero-order chi connectivity index (χ0) is 21.3. The molecule has 1 N–H and O–H groups in total. The number of hydrogen-bond acceptors (Lipinski definition) is 5. The molecule has 1 fully saturated rings. The smallest absolute Gasteiger partial charge is 0.407 e. The zero-order valence-electron chi connectivity index (χ0n) is 15.4. The lowest BCUT2D eigenvalue weighted by Crippen LogP contribution is -2.24. The molecule has 1 saturated heterocycles. The Hall–Kier alpha value is -3.69. The number of benzene rings is 2. The van der Waals surface area contributed by atoms with E-state index in [2.05, 4.69) is 15.5 Å². The molecule has 1 unspecified atom stereocenters. The van der Waals surface area contributed by atoms with E-state index in [0.717, 1.165) is 17.8 Å². The number of aromatic nitrogens is 2. The molecule has 0 aliphatic carbocycles. The van der Waals surface area contributed by atoms with Crippen LogP contribution < -0.4 is 10.2 Å². The Balaban J connectivity index is 1.48. The number of carbonyl (C=O) groups excluding carboxylic acids is 2. The standard InChI is InChI=1S/C20H15F3N4O3/c21-20(22,23)15-9-5-4-8-14(15)17(29)24-19-26-25-18(30-19)12-10-16(28)27(11-12)13-6-2-1-3-7-13/h1-9,12H,10-11H2,(H,24,26,29). The largest absolute Gasteiger partial charge is 0.417 e. The van der Waals surface area contributed by atoms with Gasteiger partial charge in [0.05, 0.1) is 17.0 Å². The summed E-state index contributed by atoms with van der Waals surface area (Å²) in [4.78, 5) is 26.2. The Morgan fingerprint density at radius 1 is 1.07 bits per heavy atom. The van der Waals surface area contributed by atoms with Crippen molar-refractivity contribution in [2.24, 2.45) is 0 Å². The van der Waals surface area contributed by atoms with Crippen LogP contribution in [0.3, 0.4) is 0 Å². The maximum Gasteiger partial charge on any atom is 0.417 e. The van der Waals surface area contributed by atoms with E-state index in [0.29, 0.717) is 6.54 Å². The first kappa shape index (κ1) is 19.6. The summed E-state index contributed by atoms with van der Waals surface area (Å²) in [6.45, 7) is 0.315. The van der Waals surface area contributed by atoms with Gasteiger partial charge in [-0.3, -0.25) is 14.9 Å². The van der Waals surface area contributed by atoms with Crippen molar-refractivity contribution in [2.45, 2.75) is 18.5 Å². The van der Waals surface area contributed by atoms with Crippen LogP contribution in [0.5, 0.6) is 0 Å². The quantitative estimate of drug-likeness (QED) is 0.698. The average molecular weight is 416 g/mol. The number of para-hydroxylation sites is 1. The van der Waals surface area contributed by atoms with Crippen LogP contribution in [0.15, 0.2) is 59.0 Å². The second kappa shape index (κ2) is 7.62. The van der Waals surface area contributed by atoms with Crippen molar-refractivity contribution in [3.05, 3.63) is 71.6 Å². The number of anilines is 2. The molecule has 10 heteroatoms. The monoisotopic (exact) mass is 416 g/mol. The van der Waals surface area contributed by atoms with Crippen molar-refractivity contribution in [2.75, 3.05) is 16.8 Å². The highest BCUT2D eigenvalue weighted by atomic mass is 19.4. The van der Waals surface area contributed by atoms with Gasteiger partial charge in [0.2, 0.25) is 11.8 Å². The third kappa shape index (κ3) is 3.88. The van der Waals surface area contributed by atoms with Crippen LogP contribution in [0.4, 0.5) is 24.9 Å². The molecule has 0 spiro atoms. The number of halogens is 3. The molecule has 1 aliphatic rings. The van der Waals surface area contributed by atoms with Crippen LogP contribution in [-0.4, -0.2) is 28.6 Å². The predicted octanol–water partition coefficient (Wildman–Crippen LogP) is 3.86. The Morgan fingerprint density at radius 2 is 1.77 bits per heavy atom. The second-order valence-corrected chi connectivity index (χ2v) is 6.68. The predicted molar refractivity (Wildman–Crippen MR) is 99.8 cm³/mol. The maximum absolute atomic E-state index is 13.1. The number of carbonyl (C=O) groups is 2. The molecule has 1 atom stereocenters. The van der Waals surface area contributed by atoms with Gasteiger partial charge in [0.15, 0.2) is 0 Å². The molecule has 0 radical (unpaired) electrons. The third-order valence-corrected chi connectivity index (χ3v) is 4.68. The highest BCUT2D eigenvalue weighted by Gasteiger charge is 2.36. The summed E-state index contributed by atoms with van der Waals surface area (Å²) in [5, 5.41) is 9.72. The van der Waals surface area contributed by atoms with Gasteiger partial charge in [0.1, 0.15) is 0 Å². The van der Waals surface area contributed by atoms with E-state index >= 15 is 0 Å². The van der Waals surface area contributed by atoms with Gasteiger partial charge >= 0.3 is 12.2 Å². The van der Waals surface area contributed by atoms with Gasteiger partial charge in [0, 0.05) is 18.7 Å². The molecule has 154 valence electrons. The molecule has 1 aliphatic heterocycles. The summed E-state index contributed by atoms with van der Waals surface area (Å²) in [7, 11) is 0. The van der Waals surface area contributed by atoms with Gasteiger partial charge < -0.3 is 9.32 Å². The van der Waals surface area contributed by atoms with E-state index in [1.54, 1.807) is 17.0 Å². The van der Waals surface area contributed by atoms with Crippen molar-refractivity contribution in [1.29, 1.82) is 0 Å². The molecule has 7 nitrogen and oxygen atoms in total. The fraction of sp³-hybridized carbons (Fsp3) is 0.200. The zero-order valence-corrected chi connectivity index (χ0v) is 15.4. The van der Waals surface area contributed by atoms with Crippen molar-refractivity contribution >= 4 is 23.5 Å². The van der Waals surface area contributed by atoms with Gasteiger partial charge in [-0.2, -0.15) is 13.2 Å². The van der Waals surface area contributed by atoms with E-state index in [4.69, 9.17) is 4.42 Å². The first-order valence-corrected chi connectivity index (χ1v) is 8.99. The van der Waals surface area contributed by atoms with Crippen LogP contribution in [0, 0.1) is 0 Å². The van der Waals surface area contributed by atoms with Gasteiger partial charge in [-0.1, -0.05) is 35.4 Å². The van der Waals surface area contributed by atoms with Crippen molar-refractivity contribution in [3.63, 3.8) is 0 Å². The van der Waals surface area contributed by atoms with Crippen molar-refractivity contribution in [3.8, 4) is 0 Å². The molecule has 0 bridgehead atoms. The van der Waals surface area contributed by atoms with E-state index in [1.807, 2.05) is 18.2 Å². The summed E-state index contributed by atoms with van der Waals surface area (Å²) < 4.78 is 44.7. The minimum atomic E-state index is -4.68. The summed E-state index contributed by atoms with van der Waals surface area (Å²) in [5.74, 6) is -1.40. The topological polar surface area (TPSA) is 88.3 Å². The molecule has 2 heterocycles. The Labute approximate surface area is 168 Å². The molecule has 2 aromatic carbocycles. The minimum Gasteiger partial charge on any atom is -0.407 e. The minimum absolute atomic E-state index is 0.117. The van der Waals surface area contributed by atoms with Crippen molar-refractivity contribution in [1.82, 2.24) is 10.2 Å². The molecule has 1 aromatic heterocycles. The number of nitrogens with one attached hydrogen (secondary N) is 1.